The zero-order chi connectivity index (χ0) is 7.73. The van der Waals surface area contributed by atoms with E-state index in [4.69, 9.17) is 4.74 Å². The molecule has 2 N–H and O–H groups in total. The van der Waals surface area contributed by atoms with Crippen LogP contribution in [-0.2, 0) is 9.53 Å². The van der Waals surface area contributed by atoms with Crippen molar-refractivity contribution in [2.75, 3.05) is 6.54 Å². The molecule has 2 unspecified atom stereocenters. The van der Waals surface area contributed by atoms with Gasteiger partial charge in [0, 0.05) is 18.5 Å². The van der Waals surface area contributed by atoms with Crippen LogP contribution in [0.5, 0.6) is 0 Å². The Labute approximate surface area is 65.3 Å². The highest BCUT2D eigenvalue weighted by Crippen LogP contribution is 2.33. The van der Waals surface area contributed by atoms with Gasteiger partial charge in [-0.05, 0) is 12.8 Å². The third-order valence-electron chi connectivity index (χ3n) is 2.59. The van der Waals surface area contributed by atoms with Crippen molar-refractivity contribution in [2.24, 2.45) is 0 Å². The minimum absolute atomic E-state index is 0.141. The van der Waals surface area contributed by atoms with Gasteiger partial charge in [0.2, 0.25) is 0 Å². The third-order valence-corrected chi connectivity index (χ3v) is 2.59. The molecule has 4 nitrogen and oxygen atoms in total. The van der Waals surface area contributed by atoms with Crippen molar-refractivity contribution in [1.82, 2.24) is 10.9 Å². The maximum Gasteiger partial charge on any atom is 0.293 e. The van der Waals surface area contributed by atoms with Crippen molar-refractivity contribution in [2.45, 2.75) is 30.9 Å². The molecule has 1 heterocycles. The Balaban J connectivity index is 1.87. The maximum atomic E-state index is 10.0. The first-order valence-electron chi connectivity index (χ1n) is 3.94. The normalized spacial score (nSPS) is 42.0. The Kier molecular flexibility index (Phi) is 1.58. The van der Waals surface area contributed by atoms with Crippen LogP contribution in [0.25, 0.3) is 0 Å². The molecule has 0 aromatic heterocycles. The SMILES string of the molecule is O=COC1CCC2(CNN2)C1. The van der Waals surface area contributed by atoms with Crippen LogP contribution in [0.2, 0.25) is 0 Å². The van der Waals surface area contributed by atoms with E-state index in [1.165, 1.54) is 0 Å². The van der Waals surface area contributed by atoms with Gasteiger partial charge in [-0.2, -0.15) is 0 Å². The van der Waals surface area contributed by atoms with Crippen molar-refractivity contribution >= 4 is 6.47 Å². The Morgan fingerprint density at radius 1 is 1.64 bits per heavy atom. The predicted molar refractivity (Wildman–Crippen MR) is 38.7 cm³/mol. The minimum Gasteiger partial charge on any atom is -0.465 e. The Morgan fingerprint density at radius 2 is 2.45 bits per heavy atom. The van der Waals surface area contributed by atoms with E-state index >= 15 is 0 Å². The lowest BCUT2D eigenvalue weighted by atomic mass is 9.95. The van der Waals surface area contributed by atoms with Gasteiger partial charge in [0.1, 0.15) is 6.10 Å². The van der Waals surface area contributed by atoms with Gasteiger partial charge < -0.3 is 4.74 Å². The second-order valence-electron chi connectivity index (χ2n) is 3.36. The fourth-order valence-electron chi connectivity index (χ4n) is 1.88. The largest absolute Gasteiger partial charge is 0.465 e. The van der Waals surface area contributed by atoms with E-state index in [-0.39, 0.29) is 11.6 Å². The minimum atomic E-state index is 0.141. The molecule has 0 radical (unpaired) electrons. The average Bonchev–Trinajstić information content (AvgIpc) is 2.32. The molecule has 2 fully saturated rings. The quantitative estimate of drug-likeness (QED) is 0.532. The molecular formula is C7H12N2O2. The fourth-order valence-corrected chi connectivity index (χ4v) is 1.88. The molecular weight excluding hydrogens is 144 g/mol. The number of nitrogens with one attached hydrogen (secondary N) is 2. The van der Waals surface area contributed by atoms with E-state index in [1.54, 1.807) is 0 Å². The molecule has 1 saturated heterocycles. The summed E-state index contributed by atoms with van der Waals surface area (Å²) < 4.78 is 4.89. The van der Waals surface area contributed by atoms with Crippen LogP contribution >= 0.6 is 0 Å². The van der Waals surface area contributed by atoms with Gasteiger partial charge in [0.25, 0.3) is 6.47 Å². The summed E-state index contributed by atoms with van der Waals surface area (Å²) in [5.41, 5.74) is 6.42. The Morgan fingerprint density at radius 3 is 2.91 bits per heavy atom. The highest BCUT2D eigenvalue weighted by molar-refractivity contribution is 5.37. The number of rotatable bonds is 2. The molecule has 0 bridgehead atoms. The summed E-state index contributed by atoms with van der Waals surface area (Å²) in [6, 6.07) is 0. The molecule has 1 aliphatic carbocycles. The second kappa shape index (κ2) is 2.46. The first-order valence-corrected chi connectivity index (χ1v) is 3.94. The molecule has 1 aliphatic heterocycles. The van der Waals surface area contributed by atoms with Crippen LogP contribution < -0.4 is 10.9 Å². The van der Waals surface area contributed by atoms with E-state index in [1.807, 2.05) is 0 Å². The summed E-state index contributed by atoms with van der Waals surface area (Å²) in [6.07, 6.45) is 3.20. The summed E-state index contributed by atoms with van der Waals surface area (Å²) in [7, 11) is 0. The lowest BCUT2D eigenvalue weighted by Crippen LogP contribution is -2.68. The molecule has 1 spiro atoms. The first kappa shape index (κ1) is 7.06. The number of hydrogen-bond donors (Lipinski definition) is 2. The molecule has 4 heteroatoms. The maximum absolute atomic E-state index is 10.0. The Hall–Kier alpha value is -0.610. The van der Waals surface area contributed by atoms with Gasteiger partial charge in [-0.25, -0.2) is 0 Å². The van der Waals surface area contributed by atoms with Gasteiger partial charge in [-0.15, -0.1) is 0 Å². The van der Waals surface area contributed by atoms with Crippen LogP contribution in [-0.4, -0.2) is 24.7 Å². The summed E-state index contributed by atoms with van der Waals surface area (Å²) in [5.74, 6) is 0. The monoisotopic (exact) mass is 156 g/mol. The van der Waals surface area contributed by atoms with Crippen LogP contribution in [0.4, 0.5) is 0 Å². The number of hydrazine groups is 1. The third kappa shape index (κ3) is 1.12. The smallest absolute Gasteiger partial charge is 0.293 e. The lowest BCUT2D eigenvalue weighted by Gasteiger charge is -2.40. The number of carbonyl (C=O) groups excluding carboxylic acids is 1. The summed E-state index contributed by atoms with van der Waals surface area (Å²) in [4.78, 5) is 10.0. The highest BCUT2D eigenvalue weighted by atomic mass is 16.5. The van der Waals surface area contributed by atoms with Crippen molar-refractivity contribution < 1.29 is 9.53 Å². The van der Waals surface area contributed by atoms with E-state index in [0.29, 0.717) is 6.47 Å². The van der Waals surface area contributed by atoms with Gasteiger partial charge >= 0.3 is 0 Å². The van der Waals surface area contributed by atoms with E-state index < -0.39 is 0 Å². The summed E-state index contributed by atoms with van der Waals surface area (Å²) in [6.45, 7) is 1.56. The number of hydrogen-bond acceptors (Lipinski definition) is 4. The zero-order valence-electron chi connectivity index (χ0n) is 6.30. The molecule has 2 atom stereocenters. The van der Waals surface area contributed by atoms with Gasteiger partial charge in [0.15, 0.2) is 0 Å². The van der Waals surface area contributed by atoms with Crippen LogP contribution in [0.3, 0.4) is 0 Å². The van der Waals surface area contributed by atoms with Crippen molar-refractivity contribution in [3.63, 3.8) is 0 Å². The van der Waals surface area contributed by atoms with Crippen LogP contribution in [0, 0.1) is 0 Å². The van der Waals surface area contributed by atoms with Crippen molar-refractivity contribution in [1.29, 1.82) is 0 Å². The predicted octanol–water partition coefficient (Wildman–Crippen LogP) is -0.442. The van der Waals surface area contributed by atoms with Crippen molar-refractivity contribution in [3.8, 4) is 0 Å². The molecule has 1 saturated carbocycles. The second-order valence-corrected chi connectivity index (χ2v) is 3.36. The Bertz CT molecular complexity index is 168. The molecule has 0 aromatic carbocycles. The van der Waals surface area contributed by atoms with E-state index in [2.05, 4.69) is 10.9 Å². The lowest BCUT2D eigenvalue weighted by molar-refractivity contribution is -0.133. The molecule has 62 valence electrons. The highest BCUT2D eigenvalue weighted by Gasteiger charge is 2.44. The average molecular weight is 156 g/mol. The molecule has 2 aliphatic rings. The summed E-state index contributed by atoms with van der Waals surface area (Å²) in [5, 5.41) is 0. The van der Waals surface area contributed by atoms with Crippen LogP contribution in [0.15, 0.2) is 0 Å². The van der Waals surface area contributed by atoms with Gasteiger partial charge in [-0.1, -0.05) is 0 Å². The van der Waals surface area contributed by atoms with Crippen molar-refractivity contribution in [3.05, 3.63) is 0 Å². The summed E-state index contributed by atoms with van der Waals surface area (Å²) >= 11 is 0. The molecule has 2 rings (SSSR count). The topological polar surface area (TPSA) is 50.4 Å². The molecule has 0 amide bonds. The first-order chi connectivity index (χ1) is 5.35. The fraction of sp³-hybridized carbons (Fsp3) is 0.857. The molecule has 11 heavy (non-hydrogen) atoms. The zero-order valence-corrected chi connectivity index (χ0v) is 6.30. The number of ether oxygens (including phenoxy) is 1. The van der Waals surface area contributed by atoms with Crippen LogP contribution in [0.1, 0.15) is 19.3 Å². The van der Waals surface area contributed by atoms with E-state index in [0.717, 1.165) is 25.8 Å². The van der Waals surface area contributed by atoms with Gasteiger partial charge in [0.05, 0.1) is 0 Å². The molecule has 0 aromatic rings. The van der Waals surface area contributed by atoms with E-state index in [9.17, 15) is 4.79 Å². The van der Waals surface area contributed by atoms with Gasteiger partial charge in [-0.3, -0.25) is 15.6 Å². The number of carbonyl (C=O) groups is 1. The standard InChI is InChI=1S/C7H12N2O2/c10-5-11-6-1-2-7(3-6)4-8-9-7/h5-6,8-9H,1-4H2.